The van der Waals surface area contributed by atoms with Crippen molar-refractivity contribution in [1.82, 2.24) is 4.90 Å². The molecule has 20 heavy (non-hydrogen) atoms. The van der Waals surface area contributed by atoms with Crippen molar-refractivity contribution in [2.45, 2.75) is 0 Å². The molecule has 0 saturated carbocycles. The van der Waals surface area contributed by atoms with Crippen LogP contribution in [0.1, 0.15) is 5.56 Å². The Morgan fingerprint density at radius 3 is 2.40 bits per heavy atom. The van der Waals surface area contributed by atoms with E-state index in [0.29, 0.717) is 11.3 Å². The first-order valence-electron chi connectivity index (χ1n) is 6.26. The number of hydrogen-bond donors (Lipinski definition) is 2. The molecule has 3 N–H and O–H groups in total. The van der Waals surface area contributed by atoms with Crippen molar-refractivity contribution < 1.29 is 4.79 Å². The molecule has 2 rings (SSSR count). The third kappa shape index (κ3) is 2.40. The summed E-state index contributed by atoms with van der Waals surface area (Å²) >= 11 is 0. The molecule has 1 amide bonds. The molecule has 2 aromatic rings. The minimum Gasteiger partial charge on any atom is -0.373 e. The molecule has 4 nitrogen and oxygen atoms in total. The monoisotopic (exact) mass is 267 g/mol. The van der Waals surface area contributed by atoms with Gasteiger partial charge >= 0.3 is 0 Å². The number of rotatable bonds is 4. The van der Waals surface area contributed by atoms with E-state index in [0.717, 1.165) is 16.3 Å². The number of allylic oxidation sites excluding steroid dienone is 1. The van der Waals surface area contributed by atoms with Gasteiger partial charge in [0.15, 0.2) is 0 Å². The topological polar surface area (TPSA) is 70.2 Å². The van der Waals surface area contributed by atoms with Crippen molar-refractivity contribution in [3.8, 4) is 0 Å². The molecule has 102 valence electrons. The van der Waals surface area contributed by atoms with E-state index in [2.05, 4.69) is 0 Å². The Morgan fingerprint density at radius 2 is 1.80 bits per heavy atom. The Morgan fingerprint density at radius 1 is 1.15 bits per heavy atom. The van der Waals surface area contributed by atoms with Gasteiger partial charge in [-0.25, -0.2) is 0 Å². The fourth-order valence-corrected chi connectivity index (χ4v) is 2.33. The second-order valence-electron chi connectivity index (χ2n) is 4.69. The van der Waals surface area contributed by atoms with E-state index in [9.17, 15) is 4.79 Å². The highest BCUT2D eigenvalue weighted by atomic mass is 16.1. The lowest BCUT2D eigenvalue weighted by Crippen LogP contribution is -2.27. The van der Waals surface area contributed by atoms with Gasteiger partial charge in [-0.3, -0.25) is 4.79 Å². The van der Waals surface area contributed by atoms with Gasteiger partial charge in [-0.2, -0.15) is 0 Å². The number of carbonyl (C=O) groups is 1. The number of hydrogen-bond acceptors (Lipinski definition) is 3. The Hall–Kier alpha value is -2.62. The zero-order valence-electron chi connectivity index (χ0n) is 11.6. The summed E-state index contributed by atoms with van der Waals surface area (Å²) in [5.41, 5.74) is 7.14. The highest BCUT2D eigenvalue weighted by Crippen LogP contribution is 2.26. The van der Waals surface area contributed by atoms with E-state index in [1.165, 1.54) is 6.21 Å². The summed E-state index contributed by atoms with van der Waals surface area (Å²) in [5.74, 6) is -0.540. The molecule has 0 saturated heterocycles. The van der Waals surface area contributed by atoms with E-state index in [4.69, 9.17) is 11.1 Å². The fraction of sp³-hybridized carbons (Fsp3) is 0.125. The lowest BCUT2D eigenvalue weighted by atomic mass is 9.97. The maximum atomic E-state index is 11.7. The van der Waals surface area contributed by atoms with Crippen LogP contribution in [0.3, 0.4) is 0 Å². The number of primary amides is 1. The molecule has 0 aromatic heterocycles. The van der Waals surface area contributed by atoms with Crippen LogP contribution >= 0.6 is 0 Å². The van der Waals surface area contributed by atoms with Crippen molar-refractivity contribution >= 4 is 28.5 Å². The summed E-state index contributed by atoms with van der Waals surface area (Å²) in [6.45, 7) is 0. The van der Waals surface area contributed by atoms with Crippen LogP contribution in [0.2, 0.25) is 0 Å². The molecule has 0 fully saturated rings. The molecule has 2 aromatic carbocycles. The standard InChI is InChI=1S/C16H17N3O/c1-19(2)15(16(18)20)14(10-17)13-9-5-7-11-6-3-4-8-12(11)13/h3-10,17H,1-2H3,(H2,18,20)/b15-14-,17-10?. The molecule has 0 aliphatic rings. The molecular weight excluding hydrogens is 250 g/mol. The van der Waals surface area contributed by atoms with Crippen LogP contribution in [-0.2, 0) is 4.79 Å². The first-order chi connectivity index (χ1) is 9.56. The van der Waals surface area contributed by atoms with Crippen molar-refractivity contribution in [3.05, 3.63) is 53.7 Å². The van der Waals surface area contributed by atoms with Gasteiger partial charge < -0.3 is 16.0 Å². The van der Waals surface area contributed by atoms with E-state index in [-0.39, 0.29) is 0 Å². The zero-order valence-corrected chi connectivity index (χ0v) is 11.6. The third-order valence-corrected chi connectivity index (χ3v) is 3.16. The highest BCUT2D eigenvalue weighted by molar-refractivity contribution is 6.20. The van der Waals surface area contributed by atoms with Gasteiger partial charge in [-0.05, 0) is 16.3 Å². The van der Waals surface area contributed by atoms with Gasteiger partial charge in [-0.1, -0.05) is 42.5 Å². The average molecular weight is 267 g/mol. The number of benzene rings is 2. The van der Waals surface area contributed by atoms with Crippen LogP contribution in [0.15, 0.2) is 48.2 Å². The van der Waals surface area contributed by atoms with Crippen LogP contribution in [-0.4, -0.2) is 31.1 Å². The fourth-order valence-electron chi connectivity index (χ4n) is 2.33. The summed E-state index contributed by atoms with van der Waals surface area (Å²) in [7, 11) is 3.49. The lowest BCUT2D eigenvalue weighted by Gasteiger charge is -2.18. The quantitative estimate of drug-likeness (QED) is 0.659. The predicted octanol–water partition coefficient (Wildman–Crippen LogP) is 2.25. The summed E-state index contributed by atoms with van der Waals surface area (Å²) in [6.07, 6.45) is 1.18. The van der Waals surface area contributed by atoms with Gasteiger partial charge in [0.1, 0.15) is 5.70 Å². The lowest BCUT2D eigenvalue weighted by molar-refractivity contribution is -0.115. The first kappa shape index (κ1) is 13.8. The molecule has 0 radical (unpaired) electrons. The normalized spacial score (nSPS) is 11.9. The number of carbonyl (C=O) groups excluding carboxylic acids is 1. The molecule has 0 unspecified atom stereocenters. The Labute approximate surface area is 118 Å². The molecule has 0 atom stereocenters. The Bertz CT molecular complexity index is 696. The highest BCUT2D eigenvalue weighted by Gasteiger charge is 2.16. The van der Waals surface area contributed by atoms with Crippen LogP contribution < -0.4 is 5.73 Å². The minimum atomic E-state index is -0.540. The Balaban J connectivity index is 2.81. The summed E-state index contributed by atoms with van der Waals surface area (Å²) < 4.78 is 0. The molecule has 0 aliphatic heterocycles. The van der Waals surface area contributed by atoms with E-state index >= 15 is 0 Å². The van der Waals surface area contributed by atoms with E-state index in [1.807, 2.05) is 42.5 Å². The minimum absolute atomic E-state index is 0.330. The smallest absolute Gasteiger partial charge is 0.265 e. The van der Waals surface area contributed by atoms with Gasteiger partial charge in [0.25, 0.3) is 5.91 Å². The van der Waals surface area contributed by atoms with E-state index in [1.54, 1.807) is 19.0 Å². The molecular formula is C16H17N3O. The van der Waals surface area contributed by atoms with Crippen molar-refractivity contribution in [2.24, 2.45) is 5.73 Å². The second-order valence-corrected chi connectivity index (χ2v) is 4.69. The maximum Gasteiger partial charge on any atom is 0.265 e. The zero-order chi connectivity index (χ0) is 14.7. The number of fused-ring (bicyclic) bond motifs is 1. The van der Waals surface area contributed by atoms with Crippen LogP contribution in [0.5, 0.6) is 0 Å². The molecule has 4 heteroatoms. The average Bonchev–Trinajstić information content (AvgIpc) is 2.43. The third-order valence-electron chi connectivity index (χ3n) is 3.16. The SMILES string of the molecule is CN(C)/C(C(N)=O)=C(/C=N)c1cccc2ccccc12. The number of nitrogens with two attached hydrogens (primary N) is 1. The van der Waals surface area contributed by atoms with Crippen molar-refractivity contribution in [1.29, 1.82) is 5.41 Å². The van der Waals surface area contributed by atoms with E-state index < -0.39 is 5.91 Å². The summed E-state index contributed by atoms with van der Waals surface area (Å²) in [4.78, 5) is 13.3. The number of likely N-dealkylation sites (N-methyl/N-ethyl adjacent to an activating group) is 1. The van der Waals surface area contributed by atoms with Gasteiger partial charge in [0.2, 0.25) is 0 Å². The second kappa shape index (κ2) is 5.57. The largest absolute Gasteiger partial charge is 0.373 e. The molecule has 0 heterocycles. The molecule has 0 bridgehead atoms. The summed E-state index contributed by atoms with van der Waals surface area (Å²) in [5, 5.41) is 9.73. The first-order valence-corrected chi connectivity index (χ1v) is 6.26. The number of amides is 1. The van der Waals surface area contributed by atoms with Crippen LogP contribution in [0.4, 0.5) is 0 Å². The van der Waals surface area contributed by atoms with Crippen LogP contribution in [0.25, 0.3) is 16.3 Å². The Kier molecular flexibility index (Phi) is 3.84. The van der Waals surface area contributed by atoms with Gasteiger partial charge in [0, 0.05) is 25.9 Å². The number of nitrogens with zero attached hydrogens (tertiary/aromatic N) is 1. The van der Waals surface area contributed by atoms with Gasteiger partial charge in [0.05, 0.1) is 0 Å². The van der Waals surface area contributed by atoms with Crippen LogP contribution in [0, 0.1) is 5.41 Å². The summed E-state index contributed by atoms with van der Waals surface area (Å²) in [6, 6.07) is 13.7. The predicted molar refractivity (Wildman–Crippen MR) is 82.5 cm³/mol. The maximum absolute atomic E-state index is 11.7. The van der Waals surface area contributed by atoms with Crippen molar-refractivity contribution in [3.63, 3.8) is 0 Å². The van der Waals surface area contributed by atoms with Crippen molar-refractivity contribution in [2.75, 3.05) is 14.1 Å². The number of nitrogens with one attached hydrogen (secondary N) is 1. The molecule has 0 spiro atoms. The van der Waals surface area contributed by atoms with Gasteiger partial charge in [-0.15, -0.1) is 0 Å². The molecule has 0 aliphatic carbocycles.